The van der Waals surface area contributed by atoms with Crippen LogP contribution in [-0.2, 0) is 0 Å². The normalized spacial score (nSPS) is 14.2. The first-order chi connectivity index (χ1) is 20.4. The first-order valence-corrected chi connectivity index (χ1v) is 15.0. The van der Waals surface area contributed by atoms with E-state index in [1.165, 1.54) is 98.2 Å². The predicted octanol–water partition coefficient (Wildman–Crippen LogP) is 11.8. The lowest BCUT2D eigenvalue weighted by Gasteiger charge is -2.21. The molecule has 1 nitrogen and oxygen atoms in total. The van der Waals surface area contributed by atoms with Crippen molar-refractivity contribution >= 4 is 32.5 Å². The van der Waals surface area contributed by atoms with Gasteiger partial charge in [-0.1, -0.05) is 141 Å². The molecule has 0 N–H and O–H groups in total. The quantitative estimate of drug-likeness (QED) is 0.207. The maximum atomic E-state index is 6.58. The maximum Gasteiger partial charge on any atom is 0.134 e. The molecule has 1 fully saturated rings. The van der Waals surface area contributed by atoms with Gasteiger partial charge in [0.15, 0.2) is 0 Å². The van der Waals surface area contributed by atoms with E-state index in [2.05, 4.69) is 127 Å². The van der Waals surface area contributed by atoms with E-state index < -0.39 is 0 Å². The van der Waals surface area contributed by atoms with E-state index in [9.17, 15) is 0 Å². The predicted molar refractivity (Wildman–Crippen MR) is 173 cm³/mol. The minimum absolute atomic E-state index is 0.504. The minimum atomic E-state index is 0.504. The smallest absolute Gasteiger partial charge is 0.134 e. The van der Waals surface area contributed by atoms with Gasteiger partial charge in [0.05, 0.1) is 0 Å². The van der Waals surface area contributed by atoms with Crippen molar-refractivity contribution in [1.29, 1.82) is 0 Å². The zero-order chi connectivity index (χ0) is 27.2. The highest BCUT2D eigenvalue weighted by Gasteiger charge is 2.25. The van der Waals surface area contributed by atoms with Crippen LogP contribution in [0.2, 0.25) is 0 Å². The molecule has 0 spiro atoms. The summed E-state index contributed by atoms with van der Waals surface area (Å²) in [6.07, 6.45) is 6.36. The molecule has 6 aromatic carbocycles. The van der Waals surface area contributed by atoms with Gasteiger partial charge in [0.25, 0.3) is 0 Å². The zero-order valence-corrected chi connectivity index (χ0v) is 23.1. The molecular formula is C40H32O. The van der Waals surface area contributed by atoms with Crippen LogP contribution in [0.1, 0.15) is 43.8 Å². The molecule has 7 aromatic rings. The molecule has 1 aromatic heterocycles. The molecule has 1 aliphatic carbocycles. The lowest BCUT2D eigenvalue weighted by Crippen LogP contribution is -2.04. The molecule has 1 heteroatoms. The molecule has 41 heavy (non-hydrogen) atoms. The number of para-hydroxylation sites is 1. The fourth-order valence-electron chi connectivity index (χ4n) is 7.17. The second-order valence-corrected chi connectivity index (χ2v) is 11.5. The summed E-state index contributed by atoms with van der Waals surface area (Å²) in [7, 11) is 0. The molecule has 0 aliphatic heterocycles. The molecule has 1 saturated carbocycles. The molecule has 0 radical (unpaired) electrons. The number of hydrogen-bond donors (Lipinski definition) is 0. The second kappa shape index (κ2) is 10.1. The van der Waals surface area contributed by atoms with E-state index in [1.54, 1.807) is 0 Å². The average Bonchev–Trinajstić information content (AvgIpc) is 3.44. The number of rotatable bonds is 4. The summed E-state index contributed by atoms with van der Waals surface area (Å²) in [6.45, 7) is 0. The van der Waals surface area contributed by atoms with Gasteiger partial charge >= 0.3 is 0 Å². The van der Waals surface area contributed by atoms with Gasteiger partial charge in [-0.25, -0.2) is 0 Å². The Labute approximate surface area is 241 Å². The molecule has 1 aliphatic rings. The Hall–Kier alpha value is -4.62. The second-order valence-electron chi connectivity index (χ2n) is 11.5. The third-order valence-corrected chi connectivity index (χ3v) is 9.05. The Morgan fingerprint density at radius 3 is 1.39 bits per heavy atom. The Morgan fingerprint density at radius 2 is 0.829 bits per heavy atom. The first kappa shape index (κ1) is 24.2. The highest BCUT2D eigenvalue weighted by Crippen LogP contribution is 2.46. The van der Waals surface area contributed by atoms with Crippen molar-refractivity contribution < 1.29 is 4.42 Å². The van der Waals surface area contributed by atoms with Gasteiger partial charge < -0.3 is 4.42 Å². The summed E-state index contributed by atoms with van der Waals surface area (Å²) in [4.78, 5) is 0. The molecule has 0 amide bonds. The molecule has 1 heterocycles. The van der Waals surface area contributed by atoms with Gasteiger partial charge in [-0.2, -0.15) is 0 Å². The Balaban J connectivity index is 1.32. The van der Waals surface area contributed by atoms with Crippen molar-refractivity contribution in [2.24, 2.45) is 0 Å². The van der Waals surface area contributed by atoms with Gasteiger partial charge in [0.1, 0.15) is 11.3 Å². The summed E-state index contributed by atoms with van der Waals surface area (Å²) in [5.74, 6) is 1.69. The number of fused-ring (bicyclic) bond motifs is 3. The third kappa shape index (κ3) is 4.07. The lowest BCUT2D eigenvalue weighted by atomic mass is 9.84. The van der Waals surface area contributed by atoms with Crippen molar-refractivity contribution in [2.75, 3.05) is 0 Å². The molecule has 0 unspecified atom stereocenters. The number of furan rings is 1. The summed E-state index contributed by atoms with van der Waals surface area (Å²) in [5, 5.41) is 6.38. The molecule has 0 saturated heterocycles. The van der Waals surface area contributed by atoms with Crippen LogP contribution in [0.3, 0.4) is 0 Å². The largest absolute Gasteiger partial charge is 0.460 e. The van der Waals surface area contributed by atoms with Gasteiger partial charge in [-0.05, 0) is 68.3 Å². The zero-order valence-electron chi connectivity index (χ0n) is 23.1. The lowest BCUT2D eigenvalue weighted by molar-refractivity contribution is 0.386. The van der Waals surface area contributed by atoms with Crippen LogP contribution in [-0.4, -0.2) is 0 Å². The SMILES string of the molecule is c1ccc(-c2c3ccccc3c(-c3ccc(-c4c(C5CCCCC5)oc5ccccc45)cc3)c3ccccc23)cc1. The summed E-state index contributed by atoms with van der Waals surface area (Å²) >= 11 is 0. The van der Waals surface area contributed by atoms with Gasteiger partial charge in [-0.15, -0.1) is 0 Å². The monoisotopic (exact) mass is 528 g/mol. The highest BCUT2D eigenvalue weighted by molar-refractivity contribution is 6.21. The van der Waals surface area contributed by atoms with Crippen LogP contribution in [0.5, 0.6) is 0 Å². The average molecular weight is 529 g/mol. The fraction of sp³-hybridized carbons (Fsp3) is 0.150. The van der Waals surface area contributed by atoms with Crippen molar-refractivity contribution in [1.82, 2.24) is 0 Å². The Bertz CT molecular complexity index is 1950. The van der Waals surface area contributed by atoms with Crippen LogP contribution in [0.4, 0.5) is 0 Å². The molecule has 8 rings (SSSR count). The first-order valence-electron chi connectivity index (χ1n) is 15.0. The van der Waals surface area contributed by atoms with Crippen molar-refractivity contribution in [3.63, 3.8) is 0 Å². The molecule has 198 valence electrons. The maximum absolute atomic E-state index is 6.58. The standard InChI is InChI=1S/C40H32O/c1-3-13-27(14-4-1)37-31-17-7-9-19-33(31)38(34-20-10-8-18-32(34)37)28-23-25-29(26-24-28)39-35-21-11-12-22-36(35)41-40(39)30-15-5-2-6-16-30/h1,3-4,7-14,17-26,30H,2,5-6,15-16H2. The van der Waals surface area contributed by atoms with E-state index in [0.29, 0.717) is 5.92 Å². The van der Waals surface area contributed by atoms with Gasteiger partial charge in [0.2, 0.25) is 0 Å². The van der Waals surface area contributed by atoms with E-state index in [0.717, 1.165) is 5.58 Å². The van der Waals surface area contributed by atoms with Crippen molar-refractivity contribution in [3.8, 4) is 33.4 Å². The molecule has 0 bridgehead atoms. The fourth-order valence-corrected chi connectivity index (χ4v) is 7.17. The van der Waals surface area contributed by atoms with Crippen LogP contribution in [0, 0.1) is 0 Å². The Morgan fingerprint density at radius 1 is 0.390 bits per heavy atom. The van der Waals surface area contributed by atoms with Crippen molar-refractivity contribution in [2.45, 2.75) is 38.0 Å². The minimum Gasteiger partial charge on any atom is -0.460 e. The molecule has 0 atom stereocenters. The van der Waals surface area contributed by atoms with Crippen LogP contribution < -0.4 is 0 Å². The summed E-state index contributed by atoms with van der Waals surface area (Å²) in [5.41, 5.74) is 8.63. The number of benzene rings is 6. The van der Waals surface area contributed by atoms with Gasteiger partial charge in [-0.3, -0.25) is 0 Å². The van der Waals surface area contributed by atoms with E-state index in [-0.39, 0.29) is 0 Å². The van der Waals surface area contributed by atoms with Crippen LogP contribution in [0.15, 0.2) is 132 Å². The summed E-state index contributed by atoms with van der Waals surface area (Å²) < 4.78 is 6.58. The summed E-state index contributed by atoms with van der Waals surface area (Å²) in [6, 6.07) is 46.4. The third-order valence-electron chi connectivity index (χ3n) is 9.05. The highest BCUT2D eigenvalue weighted by atomic mass is 16.3. The number of hydrogen-bond acceptors (Lipinski definition) is 1. The van der Waals surface area contributed by atoms with E-state index >= 15 is 0 Å². The van der Waals surface area contributed by atoms with Gasteiger partial charge in [0, 0.05) is 16.9 Å². The van der Waals surface area contributed by atoms with Crippen LogP contribution >= 0.6 is 0 Å². The van der Waals surface area contributed by atoms with Crippen LogP contribution in [0.25, 0.3) is 65.9 Å². The Kier molecular flexibility index (Phi) is 5.96. The van der Waals surface area contributed by atoms with E-state index in [4.69, 9.17) is 4.42 Å². The van der Waals surface area contributed by atoms with Crippen molar-refractivity contribution in [3.05, 3.63) is 133 Å². The molecular weight excluding hydrogens is 496 g/mol. The van der Waals surface area contributed by atoms with E-state index in [1.807, 2.05) is 0 Å². The topological polar surface area (TPSA) is 13.1 Å².